The van der Waals surface area contributed by atoms with Crippen molar-refractivity contribution < 1.29 is 13.2 Å². The van der Waals surface area contributed by atoms with Crippen molar-refractivity contribution in [2.45, 2.75) is 26.6 Å². The molecule has 0 bridgehead atoms. The van der Waals surface area contributed by atoms with Gasteiger partial charge in [-0.3, -0.25) is 4.68 Å². The van der Waals surface area contributed by atoms with Crippen LogP contribution in [0.15, 0.2) is 42.5 Å². The number of aryl methyl sites for hydroxylation is 3. The minimum atomic E-state index is -4.35. The lowest BCUT2D eigenvalue weighted by molar-refractivity contribution is -0.143. The Kier molecular flexibility index (Phi) is 6.61. The van der Waals surface area contributed by atoms with Crippen LogP contribution in [0.4, 0.5) is 13.2 Å². The minimum absolute atomic E-state index is 0.368. The molecule has 0 aliphatic carbocycles. The number of benzene rings is 1. The summed E-state index contributed by atoms with van der Waals surface area (Å²) < 4.78 is 38.4. The molecule has 0 amide bonds. The van der Waals surface area contributed by atoms with Crippen LogP contribution in [0.1, 0.15) is 21.7 Å². The largest absolute Gasteiger partial charge is 0.433 e. The van der Waals surface area contributed by atoms with Crippen LogP contribution in [0.25, 0.3) is 10.6 Å². The van der Waals surface area contributed by atoms with Crippen LogP contribution in [0.5, 0.6) is 0 Å². The van der Waals surface area contributed by atoms with E-state index in [2.05, 4.69) is 41.6 Å². The lowest BCUT2D eigenvalue weighted by atomic mass is 10.1. The first-order valence-corrected chi connectivity index (χ1v) is 8.90. The van der Waals surface area contributed by atoms with Gasteiger partial charge in [0.15, 0.2) is 0 Å². The Bertz CT molecular complexity index is 833. The van der Waals surface area contributed by atoms with E-state index in [9.17, 15) is 13.2 Å². The summed E-state index contributed by atoms with van der Waals surface area (Å²) in [7, 11) is 3.26. The normalized spacial score (nSPS) is 11.2. The van der Waals surface area contributed by atoms with Gasteiger partial charge in [0.25, 0.3) is 0 Å². The number of nitrogens with one attached hydrogen (secondary N) is 1. The van der Waals surface area contributed by atoms with E-state index in [4.69, 9.17) is 0 Å². The fraction of sp³-hybridized carbons (Fsp3) is 0.316. The molecule has 3 rings (SSSR count). The third-order valence-corrected chi connectivity index (χ3v) is 4.69. The molecule has 0 atom stereocenters. The van der Waals surface area contributed by atoms with Crippen LogP contribution in [-0.4, -0.2) is 16.8 Å². The summed E-state index contributed by atoms with van der Waals surface area (Å²) in [4.78, 5) is 1.80. The molecule has 0 radical (unpaired) electrons. The molecule has 3 nitrogen and oxygen atoms in total. The summed E-state index contributed by atoms with van der Waals surface area (Å²) in [5.74, 6) is 0. The molecule has 140 valence electrons. The van der Waals surface area contributed by atoms with Crippen molar-refractivity contribution in [2.75, 3.05) is 7.05 Å². The zero-order valence-corrected chi connectivity index (χ0v) is 16.0. The van der Waals surface area contributed by atoms with Gasteiger partial charge in [-0.1, -0.05) is 29.8 Å². The van der Waals surface area contributed by atoms with Gasteiger partial charge < -0.3 is 5.32 Å². The van der Waals surface area contributed by atoms with Crippen LogP contribution in [0.3, 0.4) is 0 Å². The highest BCUT2D eigenvalue weighted by Gasteiger charge is 2.35. The number of thiophene rings is 1. The molecule has 0 unspecified atom stereocenters. The maximum atomic E-state index is 12.5. The lowest BCUT2D eigenvalue weighted by Crippen LogP contribution is -2.11. The average molecular weight is 381 g/mol. The standard InChI is InChI=1S/C10H9F3N2S.C9H13N/c1-6-3-4-8(16-6)7-5-9(10(11,12)13)15(2)14-7;1-8-3-5-9(6-4-8)7-10-2/h3-5H,1-2H3;3-6,10H,7H2,1-2H3. The SMILES string of the molecule is CNCc1ccc(C)cc1.Cc1ccc(-c2cc(C(F)(F)F)n(C)n2)s1. The molecular weight excluding hydrogens is 359 g/mol. The molecule has 1 aromatic carbocycles. The first kappa shape index (κ1) is 20.2. The maximum absolute atomic E-state index is 12.5. The Labute approximate surface area is 155 Å². The Morgan fingerprint density at radius 1 is 1.08 bits per heavy atom. The zero-order chi connectivity index (χ0) is 19.3. The monoisotopic (exact) mass is 381 g/mol. The summed E-state index contributed by atoms with van der Waals surface area (Å²) >= 11 is 1.43. The fourth-order valence-corrected chi connectivity index (χ4v) is 3.16. The van der Waals surface area contributed by atoms with E-state index >= 15 is 0 Å². The quantitative estimate of drug-likeness (QED) is 0.677. The van der Waals surface area contributed by atoms with E-state index in [0.717, 1.165) is 27.0 Å². The Morgan fingerprint density at radius 2 is 1.73 bits per heavy atom. The molecular formula is C19H22F3N3S. The number of halogens is 3. The highest BCUT2D eigenvalue weighted by atomic mass is 32.1. The van der Waals surface area contributed by atoms with Crippen LogP contribution in [-0.2, 0) is 19.8 Å². The number of aromatic nitrogens is 2. The van der Waals surface area contributed by atoms with Crippen molar-refractivity contribution in [1.82, 2.24) is 15.1 Å². The molecule has 1 N–H and O–H groups in total. The Hall–Kier alpha value is -2.12. The predicted octanol–water partition coefficient (Wildman–Crippen LogP) is 5.19. The summed E-state index contributed by atoms with van der Waals surface area (Å²) in [6.45, 7) is 4.96. The van der Waals surface area contributed by atoms with Gasteiger partial charge in [-0.05, 0) is 44.7 Å². The van der Waals surface area contributed by atoms with E-state index in [0.29, 0.717) is 5.69 Å². The van der Waals surface area contributed by atoms with Crippen molar-refractivity contribution in [3.63, 3.8) is 0 Å². The maximum Gasteiger partial charge on any atom is 0.433 e. The highest BCUT2D eigenvalue weighted by molar-refractivity contribution is 7.15. The molecule has 0 saturated heterocycles. The summed E-state index contributed by atoms with van der Waals surface area (Å²) in [5, 5.41) is 6.97. The van der Waals surface area contributed by atoms with Crippen molar-refractivity contribution in [3.05, 3.63) is 64.2 Å². The van der Waals surface area contributed by atoms with Gasteiger partial charge in [0.05, 0.1) is 4.88 Å². The topological polar surface area (TPSA) is 29.9 Å². The van der Waals surface area contributed by atoms with Crippen LogP contribution in [0, 0.1) is 13.8 Å². The number of nitrogens with zero attached hydrogens (tertiary/aromatic N) is 2. The predicted molar refractivity (Wildman–Crippen MR) is 100 cm³/mol. The molecule has 0 aliphatic heterocycles. The number of rotatable bonds is 3. The highest BCUT2D eigenvalue weighted by Crippen LogP contribution is 2.33. The third-order valence-electron chi connectivity index (χ3n) is 3.66. The molecule has 2 aromatic heterocycles. The van der Waals surface area contributed by atoms with E-state index in [-0.39, 0.29) is 0 Å². The van der Waals surface area contributed by atoms with Gasteiger partial charge in [0.1, 0.15) is 11.4 Å². The van der Waals surface area contributed by atoms with Gasteiger partial charge in [-0.15, -0.1) is 11.3 Å². The average Bonchev–Trinajstić information content (AvgIpc) is 3.16. The van der Waals surface area contributed by atoms with E-state index in [1.807, 2.05) is 20.0 Å². The van der Waals surface area contributed by atoms with Gasteiger partial charge in [-0.2, -0.15) is 18.3 Å². The van der Waals surface area contributed by atoms with Crippen LogP contribution >= 0.6 is 11.3 Å². The van der Waals surface area contributed by atoms with Crippen LogP contribution in [0.2, 0.25) is 0 Å². The number of alkyl halides is 3. The van der Waals surface area contributed by atoms with E-state index in [1.54, 1.807) is 6.07 Å². The molecule has 26 heavy (non-hydrogen) atoms. The fourth-order valence-electron chi connectivity index (χ4n) is 2.34. The molecule has 0 saturated carbocycles. The van der Waals surface area contributed by atoms with Crippen molar-refractivity contribution in [1.29, 1.82) is 0 Å². The third kappa shape index (κ3) is 5.44. The molecule has 7 heteroatoms. The molecule has 2 heterocycles. The second kappa shape index (κ2) is 8.51. The zero-order valence-electron chi connectivity index (χ0n) is 15.2. The smallest absolute Gasteiger partial charge is 0.316 e. The molecule has 0 spiro atoms. The van der Waals surface area contributed by atoms with E-state index < -0.39 is 11.9 Å². The summed E-state index contributed by atoms with van der Waals surface area (Å²) in [5.41, 5.74) is 2.30. The molecule has 0 fully saturated rings. The first-order chi connectivity index (χ1) is 12.2. The molecule has 0 aliphatic rings. The second-order valence-electron chi connectivity index (χ2n) is 5.96. The molecule has 3 aromatic rings. The van der Waals surface area contributed by atoms with Crippen molar-refractivity contribution in [2.24, 2.45) is 7.05 Å². The van der Waals surface area contributed by atoms with Crippen molar-refractivity contribution in [3.8, 4) is 10.6 Å². The summed E-state index contributed by atoms with van der Waals surface area (Å²) in [6.07, 6.45) is -4.35. The number of hydrogen-bond donors (Lipinski definition) is 1. The summed E-state index contributed by atoms with van der Waals surface area (Å²) in [6, 6.07) is 13.3. The van der Waals surface area contributed by atoms with Crippen molar-refractivity contribution >= 4 is 11.3 Å². The lowest BCUT2D eigenvalue weighted by Gasteiger charge is -2.04. The Balaban J connectivity index is 0.000000209. The number of hydrogen-bond acceptors (Lipinski definition) is 3. The van der Waals surface area contributed by atoms with Gasteiger partial charge >= 0.3 is 6.18 Å². The van der Waals surface area contributed by atoms with Crippen LogP contribution < -0.4 is 5.32 Å². The van der Waals surface area contributed by atoms with E-state index in [1.165, 1.54) is 29.5 Å². The van der Waals surface area contributed by atoms with Gasteiger partial charge in [0, 0.05) is 18.5 Å². The Morgan fingerprint density at radius 3 is 2.19 bits per heavy atom. The van der Waals surface area contributed by atoms with Gasteiger partial charge in [0.2, 0.25) is 0 Å². The van der Waals surface area contributed by atoms with Gasteiger partial charge in [-0.25, -0.2) is 0 Å². The minimum Gasteiger partial charge on any atom is -0.316 e. The first-order valence-electron chi connectivity index (χ1n) is 8.09. The second-order valence-corrected chi connectivity index (χ2v) is 7.25.